The second kappa shape index (κ2) is 10.2. The Morgan fingerprint density at radius 2 is 1.25 bits per heavy atom. The van der Waals surface area contributed by atoms with Crippen molar-refractivity contribution in [3.05, 3.63) is 84.0 Å². The first-order valence-corrected chi connectivity index (χ1v) is 11.1. The lowest BCUT2D eigenvalue weighted by Gasteiger charge is -2.20. The molecule has 0 aromatic heterocycles. The fourth-order valence-electron chi connectivity index (χ4n) is 3.97. The summed E-state index contributed by atoms with van der Waals surface area (Å²) in [6.45, 7) is 0. The van der Waals surface area contributed by atoms with Crippen molar-refractivity contribution in [3.63, 3.8) is 0 Å². The van der Waals surface area contributed by atoms with Crippen LogP contribution in [0.25, 0.3) is 0 Å². The van der Waals surface area contributed by atoms with Crippen LogP contribution >= 0.6 is 0 Å². The predicted octanol–water partition coefficient (Wildman–Crippen LogP) is 5.44. The van der Waals surface area contributed by atoms with E-state index in [0.717, 1.165) is 19.3 Å². The minimum atomic E-state index is -0.378. The minimum absolute atomic E-state index is 0.103. The monoisotopic (exact) mass is 430 g/mol. The van der Waals surface area contributed by atoms with Crippen molar-refractivity contribution in [2.24, 2.45) is 11.8 Å². The van der Waals surface area contributed by atoms with Gasteiger partial charge >= 0.3 is 11.9 Å². The summed E-state index contributed by atoms with van der Waals surface area (Å²) in [4.78, 5) is 38.3. The molecule has 2 aromatic rings. The molecule has 5 nitrogen and oxygen atoms in total. The quantitative estimate of drug-likeness (QED) is 0.264. The van der Waals surface area contributed by atoms with Gasteiger partial charge in [0.25, 0.3) is 0 Å². The third kappa shape index (κ3) is 5.22. The molecule has 2 aliphatic rings. The Morgan fingerprint density at radius 1 is 0.656 bits per heavy atom. The van der Waals surface area contributed by atoms with Crippen LogP contribution in [0.5, 0.6) is 11.5 Å². The van der Waals surface area contributed by atoms with Crippen LogP contribution < -0.4 is 9.47 Å². The molecule has 0 N–H and O–H groups in total. The van der Waals surface area contributed by atoms with Crippen molar-refractivity contribution in [2.45, 2.75) is 38.5 Å². The van der Waals surface area contributed by atoms with Gasteiger partial charge in [0.1, 0.15) is 0 Å². The molecule has 0 bridgehead atoms. The van der Waals surface area contributed by atoms with Crippen molar-refractivity contribution >= 4 is 17.7 Å². The summed E-state index contributed by atoms with van der Waals surface area (Å²) in [5.74, 6) is -1.14. The van der Waals surface area contributed by atoms with Crippen molar-refractivity contribution in [2.75, 3.05) is 0 Å². The van der Waals surface area contributed by atoms with Gasteiger partial charge in [0.15, 0.2) is 17.3 Å². The summed E-state index contributed by atoms with van der Waals surface area (Å²) in [5.41, 5.74) is 0.892. The van der Waals surface area contributed by atoms with Gasteiger partial charge in [0.2, 0.25) is 0 Å². The van der Waals surface area contributed by atoms with Crippen molar-refractivity contribution in [1.29, 1.82) is 0 Å². The van der Waals surface area contributed by atoms with E-state index < -0.39 is 0 Å². The van der Waals surface area contributed by atoms with Gasteiger partial charge in [-0.1, -0.05) is 54.6 Å². The van der Waals surface area contributed by atoms with Crippen LogP contribution in [0, 0.1) is 11.8 Å². The van der Waals surface area contributed by atoms with Gasteiger partial charge in [-0.05, 0) is 56.7 Å². The van der Waals surface area contributed by atoms with Gasteiger partial charge in [-0.15, -0.1) is 0 Å². The average Bonchev–Trinajstić information content (AvgIpc) is 2.86. The largest absolute Gasteiger partial charge is 0.422 e. The molecule has 0 radical (unpaired) electrons. The van der Waals surface area contributed by atoms with Gasteiger partial charge < -0.3 is 9.47 Å². The molecule has 0 heterocycles. The number of ketones is 1. The lowest BCUT2D eigenvalue weighted by Crippen LogP contribution is -2.24. The van der Waals surface area contributed by atoms with Gasteiger partial charge in [0, 0.05) is 11.1 Å². The molecule has 0 aliphatic heterocycles. The minimum Gasteiger partial charge on any atom is -0.422 e. The summed E-state index contributed by atoms with van der Waals surface area (Å²) in [5, 5.41) is 0. The van der Waals surface area contributed by atoms with Gasteiger partial charge in [-0.25, -0.2) is 0 Å². The zero-order valence-electron chi connectivity index (χ0n) is 17.9. The highest BCUT2D eigenvalue weighted by Crippen LogP contribution is 2.33. The molecule has 2 aliphatic carbocycles. The first-order chi connectivity index (χ1) is 15.6. The van der Waals surface area contributed by atoms with Crippen molar-refractivity contribution in [3.8, 4) is 11.5 Å². The van der Waals surface area contributed by atoms with Gasteiger partial charge in [-0.3, -0.25) is 14.4 Å². The Balaban J connectivity index is 1.59. The third-order valence-electron chi connectivity index (χ3n) is 5.87. The lowest BCUT2D eigenvalue weighted by molar-refractivity contribution is -0.142. The Hall–Kier alpha value is -3.47. The van der Waals surface area contributed by atoms with E-state index in [2.05, 4.69) is 12.2 Å². The number of allylic oxidation sites excluding steroid dienone is 4. The standard InChI is InChI=1S/C27H26O5/c28-25(19-10-4-1-5-11-19)22-16-17-23(31-26(29)20-12-6-2-7-13-20)24(18-22)32-27(30)21-14-8-3-9-15-21/h1-6,8,10-11,16-18,20-21H,7,9,12-15H2. The zero-order valence-corrected chi connectivity index (χ0v) is 17.9. The molecule has 0 saturated heterocycles. The summed E-state index contributed by atoms with van der Waals surface area (Å²) >= 11 is 0. The molecular formula is C27H26O5. The molecule has 4 rings (SSSR count). The number of benzene rings is 2. The molecule has 0 amide bonds. The van der Waals surface area contributed by atoms with E-state index in [-0.39, 0.29) is 41.1 Å². The Kier molecular flexibility index (Phi) is 6.95. The van der Waals surface area contributed by atoms with Crippen LogP contribution in [-0.2, 0) is 9.59 Å². The molecular weight excluding hydrogens is 404 g/mol. The molecule has 2 aromatic carbocycles. The average molecular weight is 431 g/mol. The van der Waals surface area contributed by atoms with Crippen molar-refractivity contribution in [1.82, 2.24) is 0 Å². The maximum absolute atomic E-state index is 12.9. The van der Waals surface area contributed by atoms with E-state index >= 15 is 0 Å². The van der Waals surface area contributed by atoms with E-state index in [1.165, 1.54) is 12.1 Å². The molecule has 0 spiro atoms. The van der Waals surface area contributed by atoms with E-state index in [1.54, 1.807) is 30.3 Å². The van der Waals surface area contributed by atoms with Gasteiger partial charge in [-0.2, -0.15) is 0 Å². The zero-order chi connectivity index (χ0) is 22.3. The number of carbonyl (C=O) groups excluding carboxylic acids is 3. The number of ether oxygens (including phenoxy) is 2. The number of hydrogen-bond donors (Lipinski definition) is 0. The maximum atomic E-state index is 12.9. The van der Waals surface area contributed by atoms with E-state index in [0.29, 0.717) is 30.4 Å². The Morgan fingerprint density at radius 3 is 1.81 bits per heavy atom. The van der Waals surface area contributed by atoms with Crippen LogP contribution in [0.1, 0.15) is 54.4 Å². The van der Waals surface area contributed by atoms with Crippen LogP contribution in [-0.4, -0.2) is 17.7 Å². The second-order valence-corrected chi connectivity index (χ2v) is 8.16. The Bertz CT molecular complexity index is 1050. The topological polar surface area (TPSA) is 69.7 Å². The molecule has 2 unspecified atom stereocenters. The summed E-state index contributed by atoms with van der Waals surface area (Å²) < 4.78 is 11.3. The van der Waals surface area contributed by atoms with Crippen LogP contribution in [0.3, 0.4) is 0 Å². The van der Waals surface area contributed by atoms with E-state index in [1.807, 2.05) is 18.2 Å². The first kappa shape index (κ1) is 21.8. The number of hydrogen-bond acceptors (Lipinski definition) is 5. The molecule has 2 atom stereocenters. The molecule has 164 valence electrons. The summed E-state index contributed by atoms with van der Waals surface area (Å²) in [7, 11) is 0. The fraction of sp³-hybridized carbons (Fsp3) is 0.296. The Labute approximate surface area is 187 Å². The molecule has 5 heteroatoms. The smallest absolute Gasteiger partial charge is 0.314 e. The highest BCUT2D eigenvalue weighted by atomic mass is 16.6. The number of carbonyl (C=O) groups is 3. The fourth-order valence-corrected chi connectivity index (χ4v) is 3.97. The maximum Gasteiger partial charge on any atom is 0.314 e. The number of esters is 2. The SMILES string of the molecule is O=C(c1ccccc1)c1ccc(OC(=O)C2CC=CCC2)c(OC(=O)C2CC=CCC2)c1. The summed E-state index contributed by atoms with van der Waals surface area (Å²) in [6.07, 6.45) is 12.4. The third-order valence-corrected chi connectivity index (χ3v) is 5.87. The molecule has 0 saturated carbocycles. The van der Waals surface area contributed by atoms with Crippen LogP contribution in [0.15, 0.2) is 72.8 Å². The van der Waals surface area contributed by atoms with E-state index in [4.69, 9.17) is 9.47 Å². The highest BCUT2D eigenvalue weighted by Gasteiger charge is 2.26. The predicted molar refractivity (Wildman–Crippen MR) is 121 cm³/mol. The summed E-state index contributed by atoms with van der Waals surface area (Å²) in [6, 6.07) is 13.5. The highest BCUT2D eigenvalue weighted by molar-refractivity contribution is 6.09. The van der Waals surface area contributed by atoms with Crippen LogP contribution in [0.4, 0.5) is 0 Å². The number of rotatable bonds is 6. The van der Waals surface area contributed by atoms with Gasteiger partial charge in [0.05, 0.1) is 11.8 Å². The van der Waals surface area contributed by atoms with E-state index in [9.17, 15) is 14.4 Å². The molecule has 32 heavy (non-hydrogen) atoms. The molecule has 0 fully saturated rings. The van der Waals surface area contributed by atoms with Crippen LogP contribution in [0.2, 0.25) is 0 Å². The lowest BCUT2D eigenvalue weighted by atomic mass is 9.94. The normalized spacial score (nSPS) is 19.9. The second-order valence-electron chi connectivity index (χ2n) is 8.16. The first-order valence-electron chi connectivity index (χ1n) is 11.1. The van der Waals surface area contributed by atoms with Crippen molar-refractivity contribution < 1.29 is 23.9 Å².